The highest BCUT2D eigenvalue weighted by Crippen LogP contribution is 2.51. The summed E-state index contributed by atoms with van der Waals surface area (Å²) in [6, 6.07) is 21.7. The molecule has 0 unspecified atom stereocenters. The number of fused-ring (bicyclic) bond motifs is 3. The second-order valence-electron chi connectivity index (χ2n) is 8.61. The second kappa shape index (κ2) is 9.40. The van der Waals surface area contributed by atoms with Crippen molar-refractivity contribution in [3.8, 4) is 23.0 Å². The number of methoxy groups -OCH3 is 3. The molecule has 0 spiro atoms. The fraction of sp³-hybridized carbons (Fsp3) is 0.214. The van der Waals surface area contributed by atoms with Crippen molar-refractivity contribution >= 4 is 23.4 Å². The van der Waals surface area contributed by atoms with E-state index in [1.807, 2.05) is 59.5 Å². The molecule has 6 rings (SSSR count). The molecule has 2 atom stereocenters. The third-order valence-electron chi connectivity index (χ3n) is 6.68. The van der Waals surface area contributed by atoms with Crippen LogP contribution in [0.2, 0.25) is 0 Å². The van der Waals surface area contributed by atoms with Crippen LogP contribution in [0, 0.1) is 0 Å². The van der Waals surface area contributed by atoms with Gasteiger partial charge in [-0.3, -0.25) is 0 Å². The van der Waals surface area contributed by atoms with E-state index in [-0.39, 0.29) is 6.04 Å². The molecule has 3 heterocycles. The van der Waals surface area contributed by atoms with Gasteiger partial charge in [-0.05, 0) is 48.2 Å². The Morgan fingerprint density at radius 2 is 1.65 bits per heavy atom. The minimum atomic E-state index is -0.417. The Morgan fingerprint density at radius 3 is 2.38 bits per heavy atom. The molecule has 188 valence electrons. The quantitative estimate of drug-likeness (QED) is 0.334. The van der Waals surface area contributed by atoms with E-state index in [1.165, 1.54) is 11.8 Å². The van der Waals surface area contributed by atoms with E-state index in [0.717, 1.165) is 39.5 Å². The fourth-order valence-electron chi connectivity index (χ4n) is 4.94. The lowest BCUT2D eigenvalue weighted by Crippen LogP contribution is -2.32. The predicted octanol–water partition coefficient (Wildman–Crippen LogP) is 5.59. The molecule has 0 fully saturated rings. The molecular weight excluding hydrogens is 488 g/mol. The van der Waals surface area contributed by atoms with Crippen LogP contribution in [0.15, 0.2) is 77.5 Å². The first-order valence-electron chi connectivity index (χ1n) is 11.8. The number of anilines is 1. The van der Waals surface area contributed by atoms with Gasteiger partial charge in [0.15, 0.2) is 11.5 Å². The summed E-state index contributed by atoms with van der Waals surface area (Å²) in [5, 5.41) is 9.12. The van der Waals surface area contributed by atoms with Crippen LogP contribution in [0.5, 0.6) is 23.0 Å². The SMILES string of the molecule is COc1ccc([C@@H]2C3=C(Nc4nc(SC)nn42)c2ccccc2O[C@@H]3c2ccc(OC)c(OC)c2)cc1. The highest BCUT2D eigenvalue weighted by Gasteiger charge is 2.41. The van der Waals surface area contributed by atoms with E-state index in [9.17, 15) is 0 Å². The Hall–Kier alpha value is -4.11. The Bertz CT molecular complexity index is 1500. The molecule has 8 nitrogen and oxygen atoms in total. The Morgan fingerprint density at radius 1 is 0.892 bits per heavy atom. The zero-order chi connectivity index (χ0) is 25.5. The molecule has 0 bridgehead atoms. The molecule has 0 amide bonds. The van der Waals surface area contributed by atoms with E-state index >= 15 is 0 Å². The van der Waals surface area contributed by atoms with Gasteiger partial charge in [0, 0.05) is 16.7 Å². The van der Waals surface area contributed by atoms with Gasteiger partial charge in [0.05, 0.1) is 27.0 Å². The first-order valence-corrected chi connectivity index (χ1v) is 13.0. The van der Waals surface area contributed by atoms with Gasteiger partial charge in [-0.1, -0.05) is 42.1 Å². The van der Waals surface area contributed by atoms with Gasteiger partial charge in [0.1, 0.15) is 23.6 Å². The average molecular weight is 515 g/mol. The molecule has 0 aliphatic carbocycles. The van der Waals surface area contributed by atoms with Crippen molar-refractivity contribution < 1.29 is 18.9 Å². The molecule has 3 aromatic carbocycles. The Balaban J connectivity index is 1.60. The summed E-state index contributed by atoms with van der Waals surface area (Å²) < 4.78 is 25.2. The van der Waals surface area contributed by atoms with Gasteiger partial charge in [-0.15, -0.1) is 5.10 Å². The summed E-state index contributed by atoms with van der Waals surface area (Å²) in [7, 11) is 4.93. The standard InChI is InChI=1S/C28H26N4O4S/c1-33-18-12-9-16(10-13-18)25-23-24(29-27-30-28(37-4)31-32(25)27)19-7-5-6-8-20(19)36-26(23)17-11-14-21(34-2)22(15-17)35-3/h5-15,25-26H,1-4H3,(H,29,30,31)/t25-,26-/m1/s1. The summed E-state index contributed by atoms with van der Waals surface area (Å²) in [5.41, 5.74) is 4.96. The smallest absolute Gasteiger partial charge is 0.227 e. The lowest BCUT2D eigenvalue weighted by atomic mass is 9.84. The molecule has 0 radical (unpaired) electrons. The van der Waals surface area contributed by atoms with Crippen LogP contribution in [-0.2, 0) is 0 Å². The summed E-state index contributed by atoms with van der Waals surface area (Å²) >= 11 is 1.51. The third kappa shape index (κ3) is 3.86. The number of nitrogens with one attached hydrogen (secondary N) is 1. The molecule has 1 N–H and O–H groups in total. The summed E-state index contributed by atoms with van der Waals surface area (Å²) in [6.07, 6.45) is 1.56. The Kier molecular flexibility index (Phi) is 5.92. The van der Waals surface area contributed by atoms with Gasteiger partial charge in [0.25, 0.3) is 0 Å². The molecule has 1 aromatic heterocycles. The zero-order valence-corrected chi connectivity index (χ0v) is 21.7. The van der Waals surface area contributed by atoms with E-state index in [4.69, 9.17) is 29.0 Å². The number of nitrogens with zero attached hydrogens (tertiary/aromatic N) is 3. The molecule has 4 aromatic rings. The number of ether oxygens (including phenoxy) is 4. The van der Waals surface area contributed by atoms with Gasteiger partial charge >= 0.3 is 0 Å². The monoisotopic (exact) mass is 514 g/mol. The van der Waals surface area contributed by atoms with E-state index < -0.39 is 6.10 Å². The van der Waals surface area contributed by atoms with Crippen molar-refractivity contribution in [3.05, 3.63) is 89.0 Å². The molecule has 37 heavy (non-hydrogen) atoms. The number of hydrogen-bond donors (Lipinski definition) is 1. The van der Waals surface area contributed by atoms with Crippen LogP contribution < -0.4 is 24.3 Å². The summed E-state index contributed by atoms with van der Waals surface area (Å²) in [5.74, 6) is 3.57. The highest BCUT2D eigenvalue weighted by atomic mass is 32.2. The van der Waals surface area contributed by atoms with Crippen LogP contribution in [0.1, 0.15) is 28.8 Å². The van der Waals surface area contributed by atoms with Gasteiger partial charge in [0.2, 0.25) is 11.1 Å². The third-order valence-corrected chi connectivity index (χ3v) is 7.22. The van der Waals surface area contributed by atoms with E-state index in [0.29, 0.717) is 22.6 Å². The van der Waals surface area contributed by atoms with Crippen molar-refractivity contribution in [1.29, 1.82) is 0 Å². The maximum atomic E-state index is 6.72. The van der Waals surface area contributed by atoms with Crippen molar-refractivity contribution in [2.45, 2.75) is 17.3 Å². The van der Waals surface area contributed by atoms with Gasteiger partial charge in [-0.25, -0.2) is 4.68 Å². The maximum Gasteiger partial charge on any atom is 0.227 e. The van der Waals surface area contributed by atoms with Crippen molar-refractivity contribution in [2.75, 3.05) is 32.9 Å². The maximum absolute atomic E-state index is 6.72. The van der Waals surface area contributed by atoms with Gasteiger partial charge < -0.3 is 24.3 Å². The molecule has 9 heteroatoms. The van der Waals surface area contributed by atoms with Crippen LogP contribution in [-0.4, -0.2) is 42.3 Å². The van der Waals surface area contributed by atoms with Crippen LogP contribution >= 0.6 is 11.8 Å². The highest BCUT2D eigenvalue weighted by molar-refractivity contribution is 7.98. The van der Waals surface area contributed by atoms with Gasteiger partial charge in [-0.2, -0.15) is 4.98 Å². The van der Waals surface area contributed by atoms with Crippen LogP contribution in [0.4, 0.5) is 5.95 Å². The predicted molar refractivity (Wildman–Crippen MR) is 143 cm³/mol. The molecule has 2 aliphatic heterocycles. The molecule has 0 saturated heterocycles. The number of para-hydroxylation sites is 1. The lowest BCUT2D eigenvalue weighted by Gasteiger charge is -2.39. The van der Waals surface area contributed by atoms with Crippen LogP contribution in [0.25, 0.3) is 5.70 Å². The molecule has 0 saturated carbocycles. The average Bonchev–Trinajstić information content (AvgIpc) is 3.38. The number of hydrogen-bond acceptors (Lipinski definition) is 8. The summed E-state index contributed by atoms with van der Waals surface area (Å²) in [4.78, 5) is 4.76. The summed E-state index contributed by atoms with van der Waals surface area (Å²) in [6.45, 7) is 0. The van der Waals surface area contributed by atoms with E-state index in [1.54, 1.807) is 21.3 Å². The van der Waals surface area contributed by atoms with Crippen molar-refractivity contribution in [2.24, 2.45) is 0 Å². The Labute approximate surface area is 219 Å². The number of aromatic nitrogens is 3. The molecular formula is C28H26N4O4S. The lowest BCUT2D eigenvalue weighted by molar-refractivity contribution is 0.222. The fourth-order valence-corrected chi connectivity index (χ4v) is 5.29. The zero-order valence-electron chi connectivity index (χ0n) is 20.9. The largest absolute Gasteiger partial charge is 0.497 e. The molecule has 2 aliphatic rings. The number of thioether (sulfide) groups is 1. The van der Waals surface area contributed by atoms with Crippen LogP contribution in [0.3, 0.4) is 0 Å². The van der Waals surface area contributed by atoms with Crippen molar-refractivity contribution in [1.82, 2.24) is 14.8 Å². The van der Waals surface area contributed by atoms with E-state index in [2.05, 4.69) is 23.5 Å². The normalized spacial score (nSPS) is 17.6. The minimum absolute atomic E-state index is 0.267. The minimum Gasteiger partial charge on any atom is -0.497 e. The first-order chi connectivity index (χ1) is 18.1. The topological polar surface area (TPSA) is 79.7 Å². The first kappa shape index (κ1) is 23.3. The number of rotatable bonds is 6. The second-order valence-corrected chi connectivity index (χ2v) is 9.38. The number of benzene rings is 3. The van der Waals surface area contributed by atoms with Crippen molar-refractivity contribution in [3.63, 3.8) is 0 Å².